The number of primary amides is 2. The summed E-state index contributed by atoms with van der Waals surface area (Å²) in [5, 5.41) is 0. The highest BCUT2D eigenvalue weighted by molar-refractivity contribution is 5.91. The zero-order valence-electron chi connectivity index (χ0n) is 14.1. The summed E-state index contributed by atoms with van der Waals surface area (Å²) in [6.45, 7) is 1.53. The number of rotatable bonds is 6. The van der Waals surface area contributed by atoms with Gasteiger partial charge in [-0.25, -0.2) is 0 Å². The van der Waals surface area contributed by atoms with E-state index in [4.69, 9.17) is 11.5 Å². The molecule has 25 heavy (non-hydrogen) atoms. The van der Waals surface area contributed by atoms with Crippen molar-refractivity contribution in [1.82, 2.24) is 4.90 Å². The predicted octanol–water partition coefficient (Wildman–Crippen LogP) is 1.27. The van der Waals surface area contributed by atoms with Crippen molar-refractivity contribution in [2.24, 2.45) is 17.4 Å². The predicted molar refractivity (Wildman–Crippen MR) is 96.6 cm³/mol. The topological polar surface area (TPSA) is 89.4 Å². The molecule has 0 spiro atoms. The molecule has 5 heteroatoms. The summed E-state index contributed by atoms with van der Waals surface area (Å²) in [6.07, 6.45) is 0.778. The van der Waals surface area contributed by atoms with Gasteiger partial charge in [0.1, 0.15) is 5.41 Å². The van der Waals surface area contributed by atoms with Gasteiger partial charge in [0.05, 0.1) is 6.54 Å². The zero-order valence-corrected chi connectivity index (χ0v) is 14.1. The minimum atomic E-state index is -0.922. The van der Waals surface area contributed by atoms with Crippen molar-refractivity contribution in [3.8, 4) is 0 Å². The summed E-state index contributed by atoms with van der Waals surface area (Å²) >= 11 is 0. The third-order valence-corrected chi connectivity index (χ3v) is 5.11. The van der Waals surface area contributed by atoms with Crippen LogP contribution in [-0.4, -0.2) is 36.3 Å². The first-order chi connectivity index (χ1) is 12.0. The number of carbonyl (C=O) groups excluding carboxylic acids is 2. The van der Waals surface area contributed by atoms with Crippen molar-refractivity contribution in [2.45, 2.75) is 11.8 Å². The lowest BCUT2D eigenvalue weighted by molar-refractivity contribution is -0.123. The van der Waals surface area contributed by atoms with Gasteiger partial charge in [-0.1, -0.05) is 60.7 Å². The van der Waals surface area contributed by atoms with E-state index in [1.165, 1.54) is 0 Å². The highest BCUT2D eigenvalue weighted by atomic mass is 16.1. The minimum Gasteiger partial charge on any atom is -0.369 e. The Bertz CT molecular complexity index is 707. The second-order valence-corrected chi connectivity index (χ2v) is 6.59. The first-order valence-electron chi connectivity index (χ1n) is 8.46. The van der Waals surface area contributed by atoms with E-state index >= 15 is 0 Å². The molecule has 4 N–H and O–H groups in total. The molecule has 2 amide bonds. The van der Waals surface area contributed by atoms with Crippen molar-refractivity contribution < 1.29 is 9.59 Å². The van der Waals surface area contributed by atoms with Gasteiger partial charge in [0.25, 0.3) is 0 Å². The molecule has 3 rings (SSSR count). The van der Waals surface area contributed by atoms with Gasteiger partial charge in [0, 0.05) is 6.54 Å². The van der Waals surface area contributed by atoms with E-state index in [1.807, 2.05) is 65.6 Å². The Hall–Kier alpha value is -2.66. The summed E-state index contributed by atoms with van der Waals surface area (Å²) in [6, 6.07) is 19.4. The molecule has 1 saturated heterocycles. The van der Waals surface area contributed by atoms with Crippen LogP contribution >= 0.6 is 0 Å². The van der Waals surface area contributed by atoms with Crippen molar-refractivity contribution in [3.05, 3.63) is 71.8 Å². The highest BCUT2D eigenvalue weighted by Crippen LogP contribution is 2.43. The van der Waals surface area contributed by atoms with Crippen LogP contribution in [-0.2, 0) is 15.0 Å². The largest absolute Gasteiger partial charge is 0.369 e. The van der Waals surface area contributed by atoms with Gasteiger partial charge in [-0.15, -0.1) is 0 Å². The molecule has 2 aromatic carbocycles. The van der Waals surface area contributed by atoms with Crippen LogP contribution in [0.5, 0.6) is 0 Å². The first-order valence-corrected chi connectivity index (χ1v) is 8.46. The normalized spacial score (nSPS) is 18.2. The second kappa shape index (κ2) is 7.07. The molecule has 1 fully saturated rings. The van der Waals surface area contributed by atoms with E-state index in [1.54, 1.807) is 0 Å². The quantitative estimate of drug-likeness (QED) is 0.832. The smallest absolute Gasteiger partial charge is 0.232 e. The van der Waals surface area contributed by atoms with Crippen LogP contribution in [0.3, 0.4) is 0 Å². The van der Waals surface area contributed by atoms with Gasteiger partial charge >= 0.3 is 0 Å². The summed E-state index contributed by atoms with van der Waals surface area (Å²) in [5.74, 6) is -0.741. The van der Waals surface area contributed by atoms with Crippen LogP contribution in [0.1, 0.15) is 17.5 Å². The summed E-state index contributed by atoms with van der Waals surface area (Å²) < 4.78 is 0. The maximum Gasteiger partial charge on any atom is 0.232 e. The molecule has 0 aromatic heterocycles. The molecule has 1 aliphatic heterocycles. The molecular formula is C20H23N3O2. The third kappa shape index (κ3) is 3.15. The maximum absolute atomic E-state index is 12.9. The Kier molecular flexibility index (Phi) is 4.86. The van der Waals surface area contributed by atoms with E-state index in [-0.39, 0.29) is 24.3 Å². The number of hydrogen-bond acceptors (Lipinski definition) is 3. The lowest BCUT2D eigenvalue weighted by atomic mass is 9.64. The molecule has 0 saturated carbocycles. The van der Waals surface area contributed by atoms with E-state index in [0.29, 0.717) is 6.54 Å². The second-order valence-electron chi connectivity index (χ2n) is 6.59. The van der Waals surface area contributed by atoms with Crippen LogP contribution in [0.2, 0.25) is 0 Å². The number of hydrogen-bond donors (Lipinski definition) is 2. The van der Waals surface area contributed by atoms with Gasteiger partial charge in [-0.2, -0.15) is 0 Å². The first kappa shape index (κ1) is 17.2. The molecule has 0 bridgehead atoms. The molecule has 5 nitrogen and oxygen atoms in total. The maximum atomic E-state index is 12.9. The molecule has 1 atom stereocenters. The third-order valence-electron chi connectivity index (χ3n) is 5.11. The number of nitrogens with zero attached hydrogens (tertiary/aromatic N) is 1. The number of likely N-dealkylation sites (tertiary alicyclic amines) is 1. The van der Waals surface area contributed by atoms with Crippen LogP contribution in [0.15, 0.2) is 60.7 Å². The molecule has 0 unspecified atom stereocenters. The number of carbonyl (C=O) groups is 2. The molecule has 1 aliphatic rings. The molecule has 1 heterocycles. The Balaban J connectivity index is 2.09. The zero-order chi connectivity index (χ0) is 17.9. The van der Waals surface area contributed by atoms with Crippen LogP contribution in [0.25, 0.3) is 0 Å². The Morgan fingerprint density at radius 2 is 1.48 bits per heavy atom. The van der Waals surface area contributed by atoms with Crippen LogP contribution < -0.4 is 11.5 Å². The summed E-state index contributed by atoms with van der Waals surface area (Å²) in [4.78, 5) is 26.1. The lowest BCUT2D eigenvalue weighted by Crippen LogP contribution is -2.49. The fourth-order valence-electron chi connectivity index (χ4n) is 4.08. The van der Waals surface area contributed by atoms with Gasteiger partial charge in [0.2, 0.25) is 11.8 Å². The fourth-order valence-corrected chi connectivity index (χ4v) is 4.08. The fraction of sp³-hybridized carbons (Fsp3) is 0.300. The van der Waals surface area contributed by atoms with Gasteiger partial charge in [-0.05, 0) is 30.0 Å². The number of amides is 2. The Labute approximate surface area is 147 Å². The van der Waals surface area contributed by atoms with E-state index < -0.39 is 5.41 Å². The minimum absolute atomic E-state index is 0.0193. The molecule has 0 aliphatic carbocycles. The Morgan fingerprint density at radius 3 is 1.92 bits per heavy atom. The van der Waals surface area contributed by atoms with E-state index in [9.17, 15) is 9.59 Å². The standard InChI is InChI=1S/C20H23N3O2/c21-18(24)14-23-12-11-17(13-23)20(19(22)25,15-7-3-1-4-8-15)16-9-5-2-6-10-16/h1-10,17H,11-14H2,(H2,21,24)(H2,22,25)/t17-/m1/s1. The van der Waals surface area contributed by atoms with Gasteiger partial charge < -0.3 is 11.5 Å². The Morgan fingerprint density at radius 1 is 0.960 bits per heavy atom. The average Bonchev–Trinajstić information content (AvgIpc) is 3.05. The number of nitrogens with two attached hydrogens (primary N) is 2. The summed E-state index contributed by atoms with van der Waals surface area (Å²) in [5.41, 5.74) is 12.2. The lowest BCUT2D eigenvalue weighted by Gasteiger charge is -2.37. The molecule has 130 valence electrons. The van der Waals surface area contributed by atoms with E-state index in [0.717, 1.165) is 24.1 Å². The van der Waals surface area contributed by atoms with Crippen molar-refractivity contribution >= 4 is 11.8 Å². The highest BCUT2D eigenvalue weighted by Gasteiger charge is 2.49. The monoisotopic (exact) mass is 337 g/mol. The van der Waals surface area contributed by atoms with Crippen molar-refractivity contribution in [3.63, 3.8) is 0 Å². The SMILES string of the molecule is NC(=O)CN1CC[C@@H](C(C(N)=O)(c2ccccc2)c2ccccc2)C1. The van der Waals surface area contributed by atoms with Gasteiger partial charge in [-0.3, -0.25) is 14.5 Å². The van der Waals surface area contributed by atoms with Crippen LogP contribution in [0.4, 0.5) is 0 Å². The van der Waals surface area contributed by atoms with Crippen molar-refractivity contribution in [2.75, 3.05) is 19.6 Å². The molecule has 2 aromatic rings. The number of benzene rings is 2. The molecular weight excluding hydrogens is 314 g/mol. The van der Waals surface area contributed by atoms with Crippen LogP contribution in [0, 0.1) is 5.92 Å². The summed E-state index contributed by atoms with van der Waals surface area (Å²) in [7, 11) is 0. The van der Waals surface area contributed by atoms with Crippen molar-refractivity contribution in [1.29, 1.82) is 0 Å². The average molecular weight is 337 g/mol. The van der Waals surface area contributed by atoms with Gasteiger partial charge in [0.15, 0.2) is 0 Å². The molecule has 0 radical (unpaired) electrons. The van der Waals surface area contributed by atoms with E-state index in [2.05, 4.69) is 0 Å².